The molecule has 0 aromatic carbocycles. The van der Waals surface area contributed by atoms with Gasteiger partial charge in [-0.05, 0) is 19.3 Å². The molecule has 2 heteroatoms. The average molecular weight is 171 g/mol. The van der Waals surface area contributed by atoms with E-state index in [0.717, 1.165) is 13.3 Å². The molecule has 1 fully saturated rings. The van der Waals surface area contributed by atoms with E-state index >= 15 is 0 Å². The molecule has 0 bridgehead atoms. The second-order valence-corrected chi connectivity index (χ2v) is 4.99. The van der Waals surface area contributed by atoms with Crippen molar-refractivity contribution in [3.8, 4) is 0 Å². The molecule has 1 atom stereocenters. The van der Waals surface area contributed by atoms with Crippen LogP contribution in [0.4, 0.5) is 0 Å². The second-order valence-electron chi connectivity index (χ2n) is 4.99. The predicted molar refractivity (Wildman–Crippen MR) is 51.0 cm³/mol. The van der Waals surface area contributed by atoms with Gasteiger partial charge >= 0.3 is 0 Å². The minimum absolute atomic E-state index is 0.334. The van der Waals surface area contributed by atoms with Gasteiger partial charge in [0.1, 0.15) is 0 Å². The Morgan fingerprint density at radius 2 is 1.92 bits per heavy atom. The number of rotatable bonds is 1. The predicted octanol–water partition coefficient (Wildman–Crippen LogP) is 2.10. The van der Waals surface area contributed by atoms with Crippen LogP contribution in [0.3, 0.4) is 0 Å². The van der Waals surface area contributed by atoms with Crippen LogP contribution in [-0.4, -0.2) is 30.3 Å². The second kappa shape index (κ2) is 3.35. The van der Waals surface area contributed by atoms with Crippen LogP contribution in [0.25, 0.3) is 0 Å². The minimum atomic E-state index is 0.334. The maximum Gasteiger partial charge on any atom is 0.0996 e. The zero-order valence-corrected chi connectivity index (χ0v) is 8.92. The van der Waals surface area contributed by atoms with Crippen molar-refractivity contribution in [1.82, 2.24) is 4.90 Å². The number of hydrogen-bond donors (Lipinski definition) is 0. The van der Waals surface area contributed by atoms with Gasteiger partial charge in [-0.2, -0.15) is 0 Å². The van der Waals surface area contributed by atoms with E-state index in [0.29, 0.717) is 17.5 Å². The molecule has 0 aliphatic carbocycles. The highest BCUT2D eigenvalue weighted by Gasteiger charge is 2.35. The monoisotopic (exact) mass is 171 g/mol. The Balaban J connectivity index is 2.64. The van der Waals surface area contributed by atoms with Gasteiger partial charge in [-0.15, -0.1) is 0 Å². The normalized spacial score (nSPS) is 27.0. The molecule has 0 aromatic heterocycles. The molecule has 1 aliphatic rings. The van der Waals surface area contributed by atoms with Gasteiger partial charge in [0.05, 0.1) is 13.3 Å². The standard InChI is InChI=1S/C10H21NO/c1-8(2)11-7-12-6-9(11)10(3,4)5/h8-9H,6-7H2,1-5H3. The highest BCUT2D eigenvalue weighted by Crippen LogP contribution is 2.29. The summed E-state index contributed by atoms with van der Waals surface area (Å²) in [6, 6.07) is 1.18. The van der Waals surface area contributed by atoms with E-state index < -0.39 is 0 Å². The molecule has 0 amide bonds. The van der Waals surface area contributed by atoms with Crippen molar-refractivity contribution in [2.75, 3.05) is 13.3 Å². The smallest absolute Gasteiger partial charge is 0.0996 e. The van der Waals surface area contributed by atoms with Crippen molar-refractivity contribution in [1.29, 1.82) is 0 Å². The molecule has 1 rings (SSSR count). The van der Waals surface area contributed by atoms with Crippen LogP contribution in [0.2, 0.25) is 0 Å². The Bertz CT molecular complexity index is 148. The molecule has 1 unspecified atom stereocenters. The van der Waals surface area contributed by atoms with E-state index in [-0.39, 0.29) is 0 Å². The fraction of sp³-hybridized carbons (Fsp3) is 1.00. The van der Waals surface area contributed by atoms with Crippen LogP contribution in [0.5, 0.6) is 0 Å². The summed E-state index contributed by atoms with van der Waals surface area (Å²) >= 11 is 0. The molecule has 0 aromatic rings. The lowest BCUT2D eigenvalue weighted by Crippen LogP contribution is -2.44. The van der Waals surface area contributed by atoms with Crippen molar-refractivity contribution in [3.05, 3.63) is 0 Å². The Hall–Kier alpha value is -0.0800. The molecular formula is C10H21NO. The Kier molecular flexibility index (Phi) is 2.79. The Morgan fingerprint density at radius 3 is 2.25 bits per heavy atom. The summed E-state index contributed by atoms with van der Waals surface area (Å²) in [6.07, 6.45) is 0. The molecule has 1 aliphatic heterocycles. The minimum Gasteiger partial charge on any atom is -0.364 e. The van der Waals surface area contributed by atoms with Gasteiger partial charge in [0.2, 0.25) is 0 Å². The third kappa shape index (κ3) is 1.99. The molecule has 12 heavy (non-hydrogen) atoms. The first kappa shape index (κ1) is 10.0. The summed E-state index contributed by atoms with van der Waals surface area (Å²) in [5.41, 5.74) is 0.334. The van der Waals surface area contributed by atoms with E-state index in [4.69, 9.17) is 4.74 Å². The number of hydrogen-bond acceptors (Lipinski definition) is 2. The van der Waals surface area contributed by atoms with Gasteiger partial charge in [0.15, 0.2) is 0 Å². The summed E-state index contributed by atoms with van der Waals surface area (Å²) < 4.78 is 5.48. The summed E-state index contributed by atoms with van der Waals surface area (Å²) in [5.74, 6) is 0. The quantitative estimate of drug-likeness (QED) is 0.599. The summed E-state index contributed by atoms with van der Waals surface area (Å²) in [7, 11) is 0. The van der Waals surface area contributed by atoms with E-state index in [1.54, 1.807) is 0 Å². The topological polar surface area (TPSA) is 12.5 Å². The van der Waals surface area contributed by atoms with Crippen LogP contribution in [0, 0.1) is 5.41 Å². The van der Waals surface area contributed by atoms with Crippen molar-refractivity contribution in [2.24, 2.45) is 5.41 Å². The van der Waals surface area contributed by atoms with Crippen LogP contribution in [0.1, 0.15) is 34.6 Å². The molecular weight excluding hydrogens is 150 g/mol. The van der Waals surface area contributed by atoms with Crippen molar-refractivity contribution >= 4 is 0 Å². The lowest BCUT2D eigenvalue weighted by atomic mass is 9.86. The van der Waals surface area contributed by atoms with Crippen LogP contribution < -0.4 is 0 Å². The van der Waals surface area contributed by atoms with E-state index in [1.165, 1.54) is 0 Å². The summed E-state index contributed by atoms with van der Waals surface area (Å²) in [6.45, 7) is 13.0. The highest BCUT2D eigenvalue weighted by atomic mass is 16.5. The van der Waals surface area contributed by atoms with Gasteiger partial charge in [-0.1, -0.05) is 20.8 Å². The molecule has 72 valence electrons. The van der Waals surface area contributed by atoms with Crippen LogP contribution >= 0.6 is 0 Å². The largest absolute Gasteiger partial charge is 0.364 e. The van der Waals surface area contributed by atoms with E-state index in [9.17, 15) is 0 Å². The molecule has 1 saturated heterocycles. The van der Waals surface area contributed by atoms with E-state index in [1.807, 2.05) is 0 Å². The van der Waals surface area contributed by atoms with Gasteiger partial charge in [-0.25, -0.2) is 0 Å². The molecule has 0 saturated carbocycles. The SMILES string of the molecule is CC(C)N1COCC1C(C)(C)C. The molecule has 1 heterocycles. The van der Waals surface area contributed by atoms with Gasteiger partial charge in [0, 0.05) is 12.1 Å². The van der Waals surface area contributed by atoms with Crippen molar-refractivity contribution in [2.45, 2.75) is 46.7 Å². The summed E-state index contributed by atoms with van der Waals surface area (Å²) in [4.78, 5) is 2.43. The van der Waals surface area contributed by atoms with Crippen molar-refractivity contribution < 1.29 is 4.74 Å². The molecule has 0 radical (unpaired) electrons. The van der Waals surface area contributed by atoms with Crippen LogP contribution in [-0.2, 0) is 4.74 Å². The van der Waals surface area contributed by atoms with Gasteiger partial charge in [-0.3, -0.25) is 4.90 Å². The average Bonchev–Trinajstić information content (AvgIpc) is 2.30. The molecule has 0 N–H and O–H groups in total. The first-order valence-electron chi connectivity index (χ1n) is 4.76. The molecule has 0 spiro atoms. The lowest BCUT2D eigenvalue weighted by Gasteiger charge is -2.35. The third-order valence-corrected chi connectivity index (χ3v) is 2.58. The van der Waals surface area contributed by atoms with Gasteiger partial charge < -0.3 is 4.74 Å². The summed E-state index contributed by atoms with van der Waals surface area (Å²) in [5, 5.41) is 0. The zero-order chi connectivity index (χ0) is 9.35. The Morgan fingerprint density at radius 1 is 1.33 bits per heavy atom. The van der Waals surface area contributed by atoms with Gasteiger partial charge in [0.25, 0.3) is 0 Å². The van der Waals surface area contributed by atoms with E-state index in [2.05, 4.69) is 39.5 Å². The lowest BCUT2D eigenvalue weighted by molar-refractivity contribution is 0.0960. The first-order valence-corrected chi connectivity index (χ1v) is 4.76. The molecule has 2 nitrogen and oxygen atoms in total. The Labute approximate surface area is 75.9 Å². The van der Waals surface area contributed by atoms with Crippen LogP contribution in [0.15, 0.2) is 0 Å². The van der Waals surface area contributed by atoms with Crippen molar-refractivity contribution in [3.63, 3.8) is 0 Å². The third-order valence-electron chi connectivity index (χ3n) is 2.58. The fourth-order valence-corrected chi connectivity index (χ4v) is 1.71. The first-order chi connectivity index (χ1) is 5.43. The number of ether oxygens (including phenoxy) is 1. The zero-order valence-electron chi connectivity index (χ0n) is 8.92. The maximum absolute atomic E-state index is 5.48. The maximum atomic E-state index is 5.48. The fourth-order valence-electron chi connectivity index (χ4n) is 1.71. The number of nitrogens with zero attached hydrogens (tertiary/aromatic N) is 1. The highest BCUT2D eigenvalue weighted by molar-refractivity contribution is 4.86.